The molecule has 0 fully saturated rings. The molecule has 0 atom stereocenters. The van der Waals surface area contributed by atoms with Gasteiger partial charge in [0.2, 0.25) is 0 Å². The second kappa shape index (κ2) is 9.57. The topological polar surface area (TPSA) is 26.3 Å². The van der Waals surface area contributed by atoms with Gasteiger partial charge in [0, 0.05) is 6.42 Å². The van der Waals surface area contributed by atoms with Crippen molar-refractivity contribution in [3.63, 3.8) is 0 Å². The second-order valence-electron chi connectivity index (χ2n) is 5.67. The summed E-state index contributed by atoms with van der Waals surface area (Å²) in [7, 11) is 0. The molecule has 0 radical (unpaired) electrons. The summed E-state index contributed by atoms with van der Waals surface area (Å²) < 4.78 is 5.33. The molecule has 0 unspecified atom stereocenters. The maximum Gasteiger partial charge on any atom is 0.306 e. The smallest absolute Gasteiger partial charge is 0.306 e. The first-order valence-electron chi connectivity index (χ1n) is 7.84. The van der Waals surface area contributed by atoms with E-state index in [4.69, 9.17) is 4.74 Å². The van der Waals surface area contributed by atoms with Crippen molar-refractivity contribution in [3.05, 3.63) is 34.9 Å². The lowest BCUT2D eigenvalue weighted by molar-refractivity contribution is -0.145. The summed E-state index contributed by atoms with van der Waals surface area (Å²) in [6.07, 6.45) is 7.73. The molecule has 0 amide bonds. The van der Waals surface area contributed by atoms with Gasteiger partial charge in [-0.1, -0.05) is 68.4 Å². The van der Waals surface area contributed by atoms with E-state index in [2.05, 4.69) is 39.0 Å². The molecule has 1 aromatic carbocycles. The third-order valence-corrected chi connectivity index (χ3v) is 3.42. The van der Waals surface area contributed by atoms with Gasteiger partial charge in [0.15, 0.2) is 0 Å². The Morgan fingerprint density at radius 2 is 1.55 bits per heavy atom. The standard InChI is InChI=1S/C18H28O2/c1-4-5-6-7-8-9-10-18(19)20-14-17-12-15(2)11-16(3)13-17/h11-13H,4-10,14H2,1-3H3. The first kappa shape index (κ1) is 16.7. The largest absolute Gasteiger partial charge is 0.461 e. The monoisotopic (exact) mass is 276 g/mol. The number of esters is 1. The number of carbonyl (C=O) groups excluding carboxylic acids is 1. The van der Waals surface area contributed by atoms with Gasteiger partial charge in [-0.05, 0) is 25.8 Å². The highest BCUT2D eigenvalue weighted by atomic mass is 16.5. The maximum atomic E-state index is 11.7. The number of hydrogen-bond donors (Lipinski definition) is 0. The van der Waals surface area contributed by atoms with E-state index in [0.717, 1.165) is 18.4 Å². The SMILES string of the molecule is CCCCCCCCC(=O)OCc1cc(C)cc(C)c1. The molecule has 0 heterocycles. The summed E-state index contributed by atoms with van der Waals surface area (Å²) in [5, 5.41) is 0. The van der Waals surface area contributed by atoms with Crippen LogP contribution in [0.2, 0.25) is 0 Å². The molecule has 2 nitrogen and oxygen atoms in total. The number of benzene rings is 1. The number of rotatable bonds is 9. The highest BCUT2D eigenvalue weighted by Gasteiger charge is 2.04. The lowest BCUT2D eigenvalue weighted by Crippen LogP contribution is -2.04. The average molecular weight is 276 g/mol. The zero-order valence-corrected chi connectivity index (χ0v) is 13.2. The van der Waals surface area contributed by atoms with Crippen LogP contribution in [-0.4, -0.2) is 5.97 Å². The van der Waals surface area contributed by atoms with Gasteiger partial charge in [0.05, 0.1) is 0 Å². The number of unbranched alkanes of at least 4 members (excludes halogenated alkanes) is 5. The van der Waals surface area contributed by atoms with E-state index < -0.39 is 0 Å². The van der Waals surface area contributed by atoms with E-state index in [9.17, 15) is 4.79 Å². The quantitative estimate of drug-likeness (QED) is 0.463. The van der Waals surface area contributed by atoms with E-state index in [1.165, 1.54) is 36.8 Å². The van der Waals surface area contributed by atoms with Crippen molar-refractivity contribution in [1.29, 1.82) is 0 Å². The lowest BCUT2D eigenvalue weighted by atomic mass is 10.1. The normalized spacial score (nSPS) is 10.6. The summed E-state index contributed by atoms with van der Waals surface area (Å²) in [5.74, 6) is -0.0698. The van der Waals surface area contributed by atoms with Gasteiger partial charge in [0.25, 0.3) is 0 Å². The molecular formula is C18H28O2. The molecule has 112 valence electrons. The second-order valence-corrected chi connectivity index (χ2v) is 5.67. The number of ether oxygens (including phenoxy) is 1. The first-order valence-corrected chi connectivity index (χ1v) is 7.84. The lowest BCUT2D eigenvalue weighted by Gasteiger charge is -2.07. The molecule has 0 aromatic heterocycles. The van der Waals surface area contributed by atoms with E-state index >= 15 is 0 Å². The summed E-state index contributed by atoms with van der Waals surface area (Å²) in [5.41, 5.74) is 3.51. The molecular weight excluding hydrogens is 248 g/mol. The van der Waals surface area contributed by atoms with Gasteiger partial charge < -0.3 is 4.74 Å². The van der Waals surface area contributed by atoms with E-state index in [1.54, 1.807) is 0 Å². The van der Waals surface area contributed by atoms with Crippen LogP contribution in [0.4, 0.5) is 0 Å². The minimum absolute atomic E-state index is 0.0698. The van der Waals surface area contributed by atoms with Gasteiger partial charge in [-0.3, -0.25) is 4.79 Å². The molecule has 0 N–H and O–H groups in total. The Morgan fingerprint density at radius 3 is 2.20 bits per heavy atom. The highest BCUT2D eigenvalue weighted by Crippen LogP contribution is 2.11. The number of carbonyl (C=O) groups is 1. The summed E-state index contributed by atoms with van der Waals surface area (Å²) in [6, 6.07) is 6.28. The van der Waals surface area contributed by atoms with Crippen LogP contribution < -0.4 is 0 Å². The van der Waals surface area contributed by atoms with Gasteiger partial charge in [-0.25, -0.2) is 0 Å². The van der Waals surface area contributed by atoms with Crippen molar-refractivity contribution in [1.82, 2.24) is 0 Å². The van der Waals surface area contributed by atoms with Gasteiger partial charge in [-0.2, -0.15) is 0 Å². The third kappa shape index (κ3) is 7.32. The van der Waals surface area contributed by atoms with Crippen molar-refractivity contribution in [2.24, 2.45) is 0 Å². The summed E-state index contributed by atoms with van der Waals surface area (Å²) in [6.45, 7) is 6.74. The van der Waals surface area contributed by atoms with Crippen molar-refractivity contribution in [2.75, 3.05) is 0 Å². The third-order valence-electron chi connectivity index (χ3n) is 3.42. The number of hydrogen-bond acceptors (Lipinski definition) is 2. The van der Waals surface area contributed by atoms with Crippen LogP contribution in [-0.2, 0) is 16.1 Å². The van der Waals surface area contributed by atoms with Gasteiger partial charge in [-0.15, -0.1) is 0 Å². The highest BCUT2D eigenvalue weighted by molar-refractivity contribution is 5.69. The molecule has 0 bridgehead atoms. The van der Waals surface area contributed by atoms with Crippen LogP contribution in [0.1, 0.15) is 68.6 Å². The van der Waals surface area contributed by atoms with Gasteiger partial charge in [0.1, 0.15) is 6.61 Å². The molecule has 1 aromatic rings. The van der Waals surface area contributed by atoms with Crippen molar-refractivity contribution in [3.8, 4) is 0 Å². The Morgan fingerprint density at radius 1 is 0.950 bits per heavy atom. The minimum Gasteiger partial charge on any atom is -0.461 e. The van der Waals surface area contributed by atoms with Crippen molar-refractivity contribution in [2.45, 2.75) is 72.3 Å². The predicted molar refractivity (Wildman–Crippen MR) is 83.7 cm³/mol. The van der Waals surface area contributed by atoms with Gasteiger partial charge >= 0.3 is 5.97 Å². The molecule has 0 saturated carbocycles. The number of aryl methyl sites for hydroxylation is 2. The molecule has 0 saturated heterocycles. The van der Waals surface area contributed by atoms with Crippen LogP contribution in [0.3, 0.4) is 0 Å². The zero-order valence-electron chi connectivity index (χ0n) is 13.2. The summed E-state index contributed by atoms with van der Waals surface area (Å²) >= 11 is 0. The minimum atomic E-state index is -0.0698. The van der Waals surface area contributed by atoms with Crippen molar-refractivity contribution < 1.29 is 9.53 Å². The fourth-order valence-corrected chi connectivity index (χ4v) is 2.44. The fraction of sp³-hybridized carbons (Fsp3) is 0.611. The predicted octanol–water partition coefficient (Wildman–Crippen LogP) is 5.10. The van der Waals surface area contributed by atoms with Crippen LogP contribution in [0.15, 0.2) is 18.2 Å². The average Bonchev–Trinajstić information content (AvgIpc) is 2.39. The zero-order chi connectivity index (χ0) is 14.8. The maximum absolute atomic E-state index is 11.7. The van der Waals surface area contributed by atoms with Crippen LogP contribution in [0, 0.1) is 13.8 Å². The Labute approximate surface area is 123 Å². The molecule has 20 heavy (non-hydrogen) atoms. The molecule has 0 aliphatic carbocycles. The first-order chi connectivity index (χ1) is 9.61. The van der Waals surface area contributed by atoms with Crippen molar-refractivity contribution >= 4 is 5.97 Å². The Kier molecular flexibility index (Phi) is 8.01. The Bertz CT molecular complexity index is 390. The van der Waals surface area contributed by atoms with Crippen LogP contribution >= 0.6 is 0 Å². The van der Waals surface area contributed by atoms with Crippen LogP contribution in [0.5, 0.6) is 0 Å². The molecule has 0 aliphatic rings. The molecule has 2 heteroatoms. The summed E-state index contributed by atoms with van der Waals surface area (Å²) in [4.78, 5) is 11.7. The molecule has 0 aliphatic heterocycles. The Balaban J connectivity index is 2.16. The van der Waals surface area contributed by atoms with E-state index in [0.29, 0.717) is 13.0 Å². The fourth-order valence-electron chi connectivity index (χ4n) is 2.44. The Hall–Kier alpha value is -1.31. The van der Waals surface area contributed by atoms with E-state index in [1.807, 2.05) is 0 Å². The molecule has 1 rings (SSSR count). The molecule has 0 spiro atoms. The van der Waals surface area contributed by atoms with E-state index in [-0.39, 0.29) is 5.97 Å². The van der Waals surface area contributed by atoms with Crippen LogP contribution in [0.25, 0.3) is 0 Å².